The van der Waals surface area contributed by atoms with E-state index in [-0.39, 0.29) is 5.15 Å². The highest BCUT2D eigenvalue weighted by molar-refractivity contribution is 7.14. The summed E-state index contributed by atoms with van der Waals surface area (Å²) in [6.45, 7) is 2.89. The number of carbonyl (C=O) groups is 1. The molecule has 0 unspecified atom stereocenters. The van der Waals surface area contributed by atoms with Crippen molar-refractivity contribution in [2.24, 2.45) is 0 Å². The van der Waals surface area contributed by atoms with Crippen molar-refractivity contribution in [1.82, 2.24) is 14.5 Å². The SMILES string of the molecule is CCn1ccnc1Cc1nc(Cl)c(C(=O)OC)s1. The number of imidazole rings is 1. The summed E-state index contributed by atoms with van der Waals surface area (Å²) >= 11 is 7.14. The molecule has 18 heavy (non-hydrogen) atoms. The van der Waals surface area contributed by atoms with Gasteiger partial charge >= 0.3 is 5.97 Å². The number of aryl methyl sites for hydroxylation is 1. The third kappa shape index (κ3) is 2.54. The smallest absolute Gasteiger partial charge is 0.351 e. The van der Waals surface area contributed by atoms with Crippen molar-refractivity contribution < 1.29 is 9.53 Å². The number of halogens is 1. The molecule has 96 valence electrons. The molecule has 0 spiro atoms. The van der Waals surface area contributed by atoms with Gasteiger partial charge in [-0.15, -0.1) is 11.3 Å². The van der Waals surface area contributed by atoms with Crippen molar-refractivity contribution >= 4 is 28.9 Å². The summed E-state index contributed by atoms with van der Waals surface area (Å²) in [7, 11) is 1.32. The lowest BCUT2D eigenvalue weighted by Gasteiger charge is -2.01. The molecule has 0 saturated carbocycles. The van der Waals surface area contributed by atoms with Crippen LogP contribution >= 0.6 is 22.9 Å². The predicted octanol–water partition coefficient (Wildman–Crippen LogP) is 2.39. The maximum absolute atomic E-state index is 11.4. The molecular formula is C11H12ClN3O2S. The molecular weight excluding hydrogens is 274 g/mol. The molecule has 0 aromatic carbocycles. The molecule has 2 rings (SSSR count). The first-order valence-corrected chi connectivity index (χ1v) is 6.58. The summed E-state index contributed by atoms with van der Waals surface area (Å²) in [5.74, 6) is 0.446. The van der Waals surface area contributed by atoms with Gasteiger partial charge in [-0.3, -0.25) is 0 Å². The van der Waals surface area contributed by atoms with E-state index in [1.165, 1.54) is 18.4 Å². The molecule has 0 fully saturated rings. The van der Waals surface area contributed by atoms with E-state index < -0.39 is 5.97 Å². The van der Waals surface area contributed by atoms with Gasteiger partial charge in [-0.2, -0.15) is 0 Å². The lowest BCUT2D eigenvalue weighted by molar-refractivity contribution is 0.0606. The van der Waals surface area contributed by atoms with Crippen molar-refractivity contribution in [2.45, 2.75) is 19.9 Å². The highest BCUT2D eigenvalue weighted by Gasteiger charge is 2.18. The van der Waals surface area contributed by atoms with Gasteiger partial charge < -0.3 is 9.30 Å². The van der Waals surface area contributed by atoms with E-state index in [4.69, 9.17) is 11.6 Å². The molecule has 0 radical (unpaired) electrons. The van der Waals surface area contributed by atoms with Crippen LogP contribution in [-0.4, -0.2) is 27.6 Å². The maximum atomic E-state index is 11.4. The van der Waals surface area contributed by atoms with Crippen molar-refractivity contribution in [2.75, 3.05) is 7.11 Å². The lowest BCUT2D eigenvalue weighted by Crippen LogP contribution is -2.01. The number of hydrogen-bond acceptors (Lipinski definition) is 5. The number of methoxy groups -OCH3 is 1. The Kier molecular flexibility index (Phi) is 3.98. The van der Waals surface area contributed by atoms with E-state index in [2.05, 4.69) is 14.7 Å². The summed E-state index contributed by atoms with van der Waals surface area (Å²) in [6, 6.07) is 0. The Morgan fingerprint density at radius 3 is 3.06 bits per heavy atom. The predicted molar refractivity (Wildman–Crippen MR) is 69.2 cm³/mol. The lowest BCUT2D eigenvalue weighted by atomic mass is 10.4. The number of rotatable bonds is 4. The molecule has 2 aromatic rings. The standard InChI is InChI=1S/C11H12ClN3O2S/c1-3-15-5-4-13-7(15)6-8-14-10(12)9(18-8)11(16)17-2/h4-5H,3,6H2,1-2H3. The van der Waals surface area contributed by atoms with Gasteiger partial charge in [0.2, 0.25) is 0 Å². The van der Waals surface area contributed by atoms with Crippen LogP contribution in [0.2, 0.25) is 5.15 Å². The minimum atomic E-state index is -0.456. The number of aromatic nitrogens is 3. The van der Waals surface area contributed by atoms with Gasteiger partial charge in [0.15, 0.2) is 10.0 Å². The molecule has 0 amide bonds. The first kappa shape index (κ1) is 13.0. The van der Waals surface area contributed by atoms with Crippen LogP contribution in [-0.2, 0) is 17.7 Å². The second-order valence-corrected chi connectivity index (χ2v) is 4.97. The van der Waals surface area contributed by atoms with E-state index in [0.29, 0.717) is 11.3 Å². The Bertz CT molecular complexity index is 564. The van der Waals surface area contributed by atoms with E-state index in [9.17, 15) is 4.79 Å². The van der Waals surface area contributed by atoms with Crippen molar-refractivity contribution in [3.05, 3.63) is 33.3 Å². The van der Waals surface area contributed by atoms with E-state index in [1.807, 2.05) is 17.7 Å². The van der Waals surface area contributed by atoms with Crippen LogP contribution in [0.15, 0.2) is 12.4 Å². The van der Waals surface area contributed by atoms with Gasteiger partial charge in [0.25, 0.3) is 0 Å². The van der Waals surface area contributed by atoms with E-state index in [0.717, 1.165) is 17.4 Å². The highest BCUT2D eigenvalue weighted by atomic mass is 35.5. The number of hydrogen-bond donors (Lipinski definition) is 0. The average molecular weight is 286 g/mol. The zero-order chi connectivity index (χ0) is 13.1. The summed E-state index contributed by atoms with van der Waals surface area (Å²) in [5.41, 5.74) is 0. The number of carbonyl (C=O) groups excluding carboxylic acids is 1. The zero-order valence-corrected chi connectivity index (χ0v) is 11.6. The van der Waals surface area contributed by atoms with Gasteiger partial charge in [0.1, 0.15) is 10.8 Å². The Morgan fingerprint density at radius 2 is 2.39 bits per heavy atom. The van der Waals surface area contributed by atoms with Crippen LogP contribution < -0.4 is 0 Å². The van der Waals surface area contributed by atoms with Gasteiger partial charge in [0, 0.05) is 18.9 Å². The monoisotopic (exact) mass is 285 g/mol. The van der Waals surface area contributed by atoms with E-state index >= 15 is 0 Å². The number of ether oxygens (including phenoxy) is 1. The van der Waals surface area contributed by atoms with Crippen LogP contribution in [0.1, 0.15) is 27.4 Å². The normalized spacial score (nSPS) is 10.6. The number of nitrogens with zero attached hydrogens (tertiary/aromatic N) is 3. The fraction of sp³-hybridized carbons (Fsp3) is 0.364. The Hall–Kier alpha value is -1.40. The fourth-order valence-corrected chi connectivity index (χ4v) is 2.78. The van der Waals surface area contributed by atoms with Gasteiger partial charge in [-0.25, -0.2) is 14.8 Å². The van der Waals surface area contributed by atoms with Crippen molar-refractivity contribution in [3.63, 3.8) is 0 Å². The Morgan fingerprint density at radius 1 is 1.61 bits per heavy atom. The van der Waals surface area contributed by atoms with E-state index in [1.54, 1.807) is 6.20 Å². The minimum Gasteiger partial charge on any atom is -0.465 e. The fourth-order valence-electron chi connectivity index (χ4n) is 1.57. The quantitative estimate of drug-likeness (QED) is 0.810. The van der Waals surface area contributed by atoms with Crippen LogP contribution in [0.4, 0.5) is 0 Å². The molecule has 0 aliphatic rings. The second-order valence-electron chi connectivity index (χ2n) is 3.53. The molecule has 2 aromatic heterocycles. The number of thiazole rings is 1. The van der Waals surface area contributed by atoms with Crippen molar-refractivity contribution in [3.8, 4) is 0 Å². The number of esters is 1. The Labute approximate surface area is 113 Å². The summed E-state index contributed by atoms with van der Waals surface area (Å²) in [6.07, 6.45) is 4.21. The molecule has 0 atom stereocenters. The van der Waals surface area contributed by atoms with Gasteiger partial charge in [-0.1, -0.05) is 11.6 Å². The largest absolute Gasteiger partial charge is 0.465 e. The molecule has 0 aliphatic heterocycles. The molecule has 0 bridgehead atoms. The first-order chi connectivity index (χ1) is 8.65. The van der Waals surface area contributed by atoms with Crippen LogP contribution in [0.3, 0.4) is 0 Å². The first-order valence-electron chi connectivity index (χ1n) is 5.39. The maximum Gasteiger partial charge on any atom is 0.351 e. The molecule has 7 heteroatoms. The molecule has 0 saturated heterocycles. The minimum absolute atomic E-state index is 0.191. The second kappa shape index (κ2) is 5.49. The molecule has 0 aliphatic carbocycles. The van der Waals surface area contributed by atoms with Crippen LogP contribution in [0.5, 0.6) is 0 Å². The van der Waals surface area contributed by atoms with Crippen LogP contribution in [0, 0.1) is 0 Å². The summed E-state index contributed by atoms with van der Waals surface area (Å²) in [4.78, 5) is 20.2. The molecule has 0 N–H and O–H groups in total. The molecule has 2 heterocycles. The summed E-state index contributed by atoms with van der Waals surface area (Å²) < 4.78 is 6.66. The summed E-state index contributed by atoms with van der Waals surface area (Å²) in [5, 5.41) is 0.942. The van der Waals surface area contributed by atoms with Gasteiger partial charge in [0.05, 0.1) is 13.5 Å². The topological polar surface area (TPSA) is 57.0 Å². The van der Waals surface area contributed by atoms with Crippen molar-refractivity contribution in [1.29, 1.82) is 0 Å². The average Bonchev–Trinajstić information content (AvgIpc) is 2.95. The van der Waals surface area contributed by atoms with Crippen LogP contribution in [0.25, 0.3) is 0 Å². The zero-order valence-electron chi connectivity index (χ0n) is 10.0. The third-order valence-electron chi connectivity index (χ3n) is 2.45. The Balaban J connectivity index is 2.23. The molecule has 5 nitrogen and oxygen atoms in total. The third-order valence-corrected chi connectivity index (χ3v) is 3.87. The van der Waals surface area contributed by atoms with Gasteiger partial charge in [-0.05, 0) is 6.92 Å². The highest BCUT2D eigenvalue weighted by Crippen LogP contribution is 2.25.